The second-order valence-corrected chi connectivity index (χ2v) is 6.28. The average molecular weight is 345 g/mol. The zero-order chi connectivity index (χ0) is 17.7. The van der Waals surface area contributed by atoms with Crippen LogP contribution in [0.25, 0.3) is 0 Å². The maximum Gasteiger partial charge on any atom is 0.330 e. The molecule has 0 radical (unpaired) electrons. The predicted octanol–water partition coefficient (Wildman–Crippen LogP) is 2.11. The molecule has 3 rings (SSSR count). The molecule has 6 heteroatoms. The van der Waals surface area contributed by atoms with E-state index < -0.39 is 11.4 Å². The molecule has 6 nitrogen and oxygen atoms in total. The molecular formula is C19H23NO5. The minimum absolute atomic E-state index is 0.0174. The molecular weight excluding hydrogens is 322 g/mol. The van der Waals surface area contributed by atoms with E-state index in [-0.39, 0.29) is 5.91 Å². The molecule has 25 heavy (non-hydrogen) atoms. The van der Waals surface area contributed by atoms with E-state index in [0.717, 1.165) is 37.0 Å². The lowest BCUT2D eigenvalue weighted by atomic mass is 9.77. The van der Waals surface area contributed by atoms with Gasteiger partial charge in [-0.05, 0) is 30.5 Å². The van der Waals surface area contributed by atoms with Crippen molar-refractivity contribution in [1.29, 1.82) is 0 Å². The van der Waals surface area contributed by atoms with E-state index in [4.69, 9.17) is 9.47 Å². The molecule has 0 saturated heterocycles. The molecule has 1 aliphatic heterocycles. The van der Waals surface area contributed by atoms with Crippen molar-refractivity contribution in [2.24, 2.45) is 0 Å². The number of esters is 1. The summed E-state index contributed by atoms with van der Waals surface area (Å²) in [4.78, 5) is 24.0. The van der Waals surface area contributed by atoms with Gasteiger partial charge in [-0.15, -0.1) is 0 Å². The number of hydrogen-bond donors (Lipinski definition) is 1. The summed E-state index contributed by atoms with van der Waals surface area (Å²) < 4.78 is 15.8. The van der Waals surface area contributed by atoms with Crippen LogP contribution in [0.15, 0.2) is 30.4 Å². The average Bonchev–Trinajstić information content (AvgIpc) is 3.15. The highest BCUT2D eigenvalue weighted by atomic mass is 16.6. The number of methoxy groups -OCH3 is 1. The minimum atomic E-state index is -0.547. The van der Waals surface area contributed by atoms with Crippen LogP contribution in [-0.4, -0.2) is 38.7 Å². The van der Waals surface area contributed by atoms with E-state index in [9.17, 15) is 9.59 Å². The third kappa shape index (κ3) is 3.62. The fraction of sp³-hybridized carbons (Fsp3) is 0.474. The number of benzene rings is 1. The summed E-state index contributed by atoms with van der Waals surface area (Å²) in [7, 11) is 1.32. The van der Waals surface area contributed by atoms with Gasteiger partial charge in [0.25, 0.3) is 0 Å². The van der Waals surface area contributed by atoms with Crippen LogP contribution in [0.4, 0.5) is 0 Å². The lowest BCUT2D eigenvalue weighted by Gasteiger charge is -2.29. The van der Waals surface area contributed by atoms with Gasteiger partial charge in [-0.25, -0.2) is 4.79 Å². The van der Waals surface area contributed by atoms with Gasteiger partial charge in [-0.2, -0.15) is 0 Å². The summed E-state index contributed by atoms with van der Waals surface area (Å²) in [6.07, 6.45) is 6.54. The molecule has 1 heterocycles. The van der Waals surface area contributed by atoms with Gasteiger partial charge in [0.2, 0.25) is 5.91 Å². The summed E-state index contributed by atoms with van der Waals surface area (Å²) in [6, 6.07) is 5.78. The van der Waals surface area contributed by atoms with Gasteiger partial charge < -0.3 is 19.5 Å². The molecule has 2 aliphatic rings. The topological polar surface area (TPSA) is 73.9 Å². The Morgan fingerprint density at radius 2 is 1.92 bits per heavy atom. The lowest BCUT2D eigenvalue weighted by molar-refractivity contribution is -0.135. The lowest BCUT2D eigenvalue weighted by Crippen LogP contribution is -2.42. The molecule has 1 amide bonds. The van der Waals surface area contributed by atoms with E-state index in [0.29, 0.717) is 25.5 Å². The highest BCUT2D eigenvalue weighted by molar-refractivity contribution is 5.89. The quantitative estimate of drug-likeness (QED) is 0.654. The number of nitrogens with one attached hydrogen (secondary N) is 1. The second-order valence-electron chi connectivity index (χ2n) is 6.28. The summed E-state index contributed by atoms with van der Waals surface area (Å²) in [6.45, 7) is 1.36. The molecule has 134 valence electrons. The fourth-order valence-electron chi connectivity index (χ4n) is 3.51. The summed E-state index contributed by atoms with van der Waals surface area (Å²) in [5, 5.41) is 2.92. The summed E-state index contributed by atoms with van der Waals surface area (Å²) >= 11 is 0. The van der Waals surface area contributed by atoms with Crippen molar-refractivity contribution in [3.63, 3.8) is 0 Å². The van der Waals surface area contributed by atoms with Crippen molar-refractivity contribution in [1.82, 2.24) is 5.32 Å². The largest absolute Gasteiger partial charge is 0.486 e. The van der Waals surface area contributed by atoms with Gasteiger partial charge in [-0.3, -0.25) is 4.79 Å². The molecule has 1 aromatic rings. The third-order valence-electron chi connectivity index (χ3n) is 4.82. The van der Waals surface area contributed by atoms with Crippen LogP contribution in [0.2, 0.25) is 0 Å². The number of fused-ring (bicyclic) bond motifs is 1. The van der Waals surface area contributed by atoms with Crippen molar-refractivity contribution in [2.75, 3.05) is 26.9 Å². The normalized spacial score (nSPS) is 18.1. The summed E-state index contributed by atoms with van der Waals surface area (Å²) in [5.74, 6) is 0.978. The molecule has 0 aromatic heterocycles. The first-order valence-corrected chi connectivity index (χ1v) is 8.59. The van der Waals surface area contributed by atoms with Gasteiger partial charge >= 0.3 is 5.97 Å². The molecule has 1 fully saturated rings. The van der Waals surface area contributed by atoms with Crippen LogP contribution in [-0.2, 0) is 19.7 Å². The number of carbonyl (C=O) groups excluding carboxylic acids is 2. The first-order valence-electron chi connectivity index (χ1n) is 8.59. The van der Waals surface area contributed by atoms with Crippen molar-refractivity contribution < 1.29 is 23.8 Å². The smallest absolute Gasteiger partial charge is 0.330 e. The first-order chi connectivity index (χ1) is 12.2. The van der Waals surface area contributed by atoms with Gasteiger partial charge in [0.1, 0.15) is 13.2 Å². The summed E-state index contributed by atoms with van der Waals surface area (Å²) in [5.41, 5.74) is 0.415. The zero-order valence-electron chi connectivity index (χ0n) is 14.4. The molecule has 1 saturated carbocycles. The van der Waals surface area contributed by atoms with Crippen molar-refractivity contribution in [3.05, 3.63) is 35.9 Å². The molecule has 1 aliphatic carbocycles. The van der Waals surface area contributed by atoms with Crippen LogP contribution >= 0.6 is 0 Å². The SMILES string of the molecule is COC(=O)/C=C/CNC(=O)C1(c2ccc3c(c2)OCCO3)CCCC1. The van der Waals surface area contributed by atoms with Gasteiger partial charge in [0, 0.05) is 12.6 Å². The van der Waals surface area contributed by atoms with Crippen molar-refractivity contribution in [3.8, 4) is 11.5 Å². The molecule has 0 bridgehead atoms. The number of rotatable bonds is 5. The van der Waals surface area contributed by atoms with Gasteiger partial charge in [-0.1, -0.05) is 25.0 Å². The maximum absolute atomic E-state index is 12.9. The van der Waals surface area contributed by atoms with Crippen LogP contribution in [0.5, 0.6) is 11.5 Å². The predicted molar refractivity (Wildman–Crippen MR) is 91.7 cm³/mol. The van der Waals surface area contributed by atoms with E-state index in [1.807, 2.05) is 18.2 Å². The number of hydrogen-bond acceptors (Lipinski definition) is 5. The Morgan fingerprint density at radius 3 is 2.64 bits per heavy atom. The molecule has 1 N–H and O–H groups in total. The van der Waals surface area contributed by atoms with Crippen LogP contribution in [0.1, 0.15) is 31.2 Å². The monoisotopic (exact) mass is 345 g/mol. The van der Waals surface area contributed by atoms with Gasteiger partial charge in [0.15, 0.2) is 11.5 Å². The highest BCUT2D eigenvalue weighted by Crippen LogP contribution is 2.44. The Morgan fingerprint density at radius 1 is 1.20 bits per heavy atom. The Kier molecular flexibility index (Phi) is 5.26. The van der Waals surface area contributed by atoms with Gasteiger partial charge in [0.05, 0.1) is 12.5 Å². The number of carbonyl (C=O) groups is 2. The van der Waals surface area contributed by atoms with E-state index in [1.165, 1.54) is 13.2 Å². The fourth-order valence-corrected chi connectivity index (χ4v) is 3.51. The third-order valence-corrected chi connectivity index (χ3v) is 4.82. The molecule has 0 unspecified atom stereocenters. The molecule has 0 spiro atoms. The molecule has 0 atom stereocenters. The van der Waals surface area contributed by atoms with Crippen LogP contribution in [0.3, 0.4) is 0 Å². The maximum atomic E-state index is 12.9. The van der Waals surface area contributed by atoms with E-state index in [2.05, 4.69) is 10.1 Å². The number of amides is 1. The Bertz CT molecular complexity index is 676. The van der Waals surface area contributed by atoms with Crippen molar-refractivity contribution in [2.45, 2.75) is 31.1 Å². The van der Waals surface area contributed by atoms with Crippen LogP contribution in [0, 0.1) is 0 Å². The van der Waals surface area contributed by atoms with E-state index >= 15 is 0 Å². The van der Waals surface area contributed by atoms with Crippen LogP contribution < -0.4 is 14.8 Å². The molecule has 1 aromatic carbocycles. The first kappa shape index (κ1) is 17.3. The standard InChI is InChI=1S/C19H23NO5/c1-23-17(21)5-4-10-20-18(22)19(8-2-3-9-19)14-6-7-15-16(13-14)25-12-11-24-15/h4-7,13H,2-3,8-12H2,1H3,(H,20,22)/b5-4+. The van der Waals surface area contributed by atoms with E-state index in [1.54, 1.807) is 6.08 Å². The van der Waals surface area contributed by atoms with Crippen molar-refractivity contribution >= 4 is 11.9 Å². The Balaban J connectivity index is 1.76. The zero-order valence-corrected chi connectivity index (χ0v) is 14.4. The Hall–Kier alpha value is -2.50. The number of ether oxygens (including phenoxy) is 3. The Labute approximate surface area is 147 Å². The highest BCUT2D eigenvalue weighted by Gasteiger charge is 2.43. The minimum Gasteiger partial charge on any atom is -0.486 e. The second kappa shape index (κ2) is 7.59.